The second-order valence-corrected chi connectivity index (χ2v) is 7.68. The van der Waals surface area contributed by atoms with Crippen LogP contribution in [-0.2, 0) is 28.3 Å². The highest BCUT2D eigenvalue weighted by Crippen LogP contribution is 2.28. The lowest BCUT2D eigenvalue weighted by Gasteiger charge is -2.26. The van der Waals surface area contributed by atoms with Gasteiger partial charge in [-0.25, -0.2) is 4.98 Å². The SMILES string of the molecule is CC(=O)Nc1nc2c(s1)CN(C(=O)CSCc1ccccc1)CC2. The summed E-state index contributed by atoms with van der Waals surface area (Å²) in [5.41, 5.74) is 2.24. The number of rotatable bonds is 5. The molecular formula is C17H19N3O2S2. The van der Waals surface area contributed by atoms with E-state index in [0.717, 1.165) is 22.7 Å². The van der Waals surface area contributed by atoms with Gasteiger partial charge in [0.1, 0.15) is 0 Å². The molecule has 7 heteroatoms. The van der Waals surface area contributed by atoms with E-state index < -0.39 is 0 Å². The Morgan fingerprint density at radius 1 is 1.33 bits per heavy atom. The number of carbonyl (C=O) groups excluding carboxylic acids is 2. The first-order valence-electron chi connectivity index (χ1n) is 7.77. The summed E-state index contributed by atoms with van der Waals surface area (Å²) in [6.07, 6.45) is 0.751. The van der Waals surface area contributed by atoms with Crippen molar-refractivity contribution in [1.29, 1.82) is 0 Å². The van der Waals surface area contributed by atoms with E-state index in [0.29, 0.717) is 24.0 Å². The third-order valence-electron chi connectivity index (χ3n) is 3.70. The van der Waals surface area contributed by atoms with Gasteiger partial charge < -0.3 is 10.2 Å². The number of thioether (sulfide) groups is 1. The van der Waals surface area contributed by atoms with Gasteiger partial charge in [-0.1, -0.05) is 41.7 Å². The summed E-state index contributed by atoms with van der Waals surface area (Å²) in [6, 6.07) is 10.2. The molecule has 24 heavy (non-hydrogen) atoms. The number of aromatic nitrogens is 1. The van der Waals surface area contributed by atoms with Crippen molar-refractivity contribution in [2.45, 2.75) is 25.6 Å². The molecule has 0 unspecified atom stereocenters. The quantitative estimate of drug-likeness (QED) is 0.889. The number of benzene rings is 1. The highest BCUT2D eigenvalue weighted by molar-refractivity contribution is 7.99. The fourth-order valence-corrected chi connectivity index (χ4v) is 4.49. The number of hydrogen-bond acceptors (Lipinski definition) is 5. The van der Waals surface area contributed by atoms with Crippen LogP contribution in [0.4, 0.5) is 5.13 Å². The van der Waals surface area contributed by atoms with E-state index >= 15 is 0 Å². The molecule has 0 spiro atoms. The van der Waals surface area contributed by atoms with Gasteiger partial charge in [-0.15, -0.1) is 11.8 Å². The maximum atomic E-state index is 12.4. The number of amides is 2. The first kappa shape index (κ1) is 17.0. The first-order valence-corrected chi connectivity index (χ1v) is 9.74. The van der Waals surface area contributed by atoms with Crippen LogP contribution in [0, 0.1) is 0 Å². The lowest BCUT2D eigenvalue weighted by Crippen LogP contribution is -2.36. The van der Waals surface area contributed by atoms with Gasteiger partial charge in [0.25, 0.3) is 0 Å². The number of hydrogen-bond donors (Lipinski definition) is 1. The molecule has 3 rings (SSSR count). The summed E-state index contributed by atoms with van der Waals surface area (Å²) in [4.78, 5) is 30.9. The molecule has 0 atom stereocenters. The van der Waals surface area contributed by atoms with E-state index in [1.54, 1.807) is 11.8 Å². The Labute approximate surface area is 149 Å². The van der Waals surface area contributed by atoms with Crippen LogP contribution in [0.3, 0.4) is 0 Å². The molecule has 126 valence electrons. The normalized spacial score (nSPS) is 13.5. The molecule has 0 bridgehead atoms. The van der Waals surface area contributed by atoms with Gasteiger partial charge in [-0.2, -0.15) is 0 Å². The van der Waals surface area contributed by atoms with Gasteiger partial charge in [0.15, 0.2) is 5.13 Å². The van der Waals surface area contributed by atoms with Crippen LogP contribution in [0.5, 0.6) is 0 Å². The van der Waals surface area contributed by atoms with Crippen LogP contribution in [0.1, 0.15) is 23.1 Å². The Kier molecular flexibility index (Phi) is 5.52. The number of anilines is 1. The highest BCUT2D eigenvalue weighted by atomic mass is 32.2. The summed E-state index contributed by atoms with van der Waals surface area (Å²) in [5.74, 6) is 1.38. The van der Waals surface area contributed by atoms with Gasteiger partial charge >= 0.3 is 0 Å². The van der Waals surface area contributed by atoms with E-state index in [9.17, 15) is 9.59 Å². The predicted molar refractivity (Wildman–Crippen MR) is 98.1 cm³/mol. The molecule has 1 aromatic heterocycles. The molecule has 2 aromatic rings. The van der Waals surface area contributed by atoms with Crippen molar-refractivity contribution >= 4 is 40.0 Å². The molecule has 0 saturated carbocycles. The van der Waals surface area contributed by atoms with Crippen molar-refractivity contribution in [2.75, 3.05) is 17.6 Å². The zero-order valence-electron chi connectivity index (χ0n) is 13.4. The van der Waals surface area contributed by atoms with Gasteiger partial charge in [0.05, 0.1) is 18.0 Å². The smallest absolute Gasteiger partial charge is 0.232 e. The lowest BCUT2D eigenvalue weighted by molar-refractivity contribution is -0.129. The van der Waals surface area contributed by atoms with Crippen molar-refractivity contribution in [3.63, 3.8) is 0 Å². The number of nitrogens with one attached hydrogen (secondary N) is 1. The van der Waals surface area contributed by atoms with E-state index in [1.807, 2.05) is 23.1 Å². The van der Waals surface area contributed by atoms with Gasteiger partial charge in [0.2, 0.25) is 11.8 Å². The van der Waals surface area contributed by atoms with E-state index in [1.165, 1.54) is 23.8 Å². The minimum atomic E-state index is -0.119. The first-order chi connectivity index (χ1) is 11.6. The third-order valence-corrected chi connectivity index (χ3v) is 5.69. The Morgan fingerprint density at radius 3 is 2.88 bits per heavy atom. The number of carbonyl (C=O) groups is 2. The highest BCUT2D eigenvalue weighted by Gasteiger charge is 2.24. The number of nitrogens with zero attached hydrogens (tertiary/aromatic N) is 2. The fraction of sp³-hybridized carbons (Fsp3) is 0.353. The second kappa shape index (κ2) is 7.81. The van der Waals surface area contributed by atoms with Crippen LogP contribution >= 0.6 is 23.1 Å². The molecule has 0 saturated heterocycles. The minimum absolute atomic E-state index is 0.119. The number of fused-ring (bicyclic) bond motifs is 1. The van der Waals surface area contributed by atoms with Gasteiger partial charge in [0, 0.05) is 30.5 Å². The molecule has 2 heterocycles. The average Bonchev–Trinajstić information content (AvgIpc) is 2.96. The van der Waals surface area contributed by atoms with Crippen molar-refractivity contribution < 1.29 is 9.59 Å². The zero-order valence-corrected chi connectivity index (χ0v) is 15.1. The second-order valence-electron chi connectivity index (χ2n) is 5.61. The average molecular weight is 361 g/mol. The summed E-state index contributed by atoms with van der Waals surface area (Å²) in [6.45, 7) is 2.76. The molecule has 2 amide bonds. The largest absolute Gasteiger partial charge is 0.336 e. The molecule has 1 aliphatic rings. The fourth-order valence-electron chi connectivity index (χ4n) is 2.53. The third kappa shape index (κ3) is 4.36. The summed E-state index contributed by atoms with van der Waals surface area (Å²) < 4.78 is 0. The Hall–Kier alpha value is -1.86. The van der Waals surface area contributed by atoms with Crippen LogP contribution in [0.15, 0.2) is 30.3 Å². The zero-order chi connectivity index (χ0) is 16.9. The number of thiazole rings is 1. The minimum Gasteiger partial charge on any atom is -0.336 e. The molecule has 0 fully saturated rings. The van der Waals surface area contributed by atoms with Crippen LogP contribution in [-0.4, -0.2) is 34.0 Å². The summed E-state index contributed by atoms with van der Waals surface area (Å²) in [7, 11) is 0. The Morgan fingerprint density at radius 2 is 2.12 bits per heavy atom. The Balaban J connectivity index is 1.52. The Bertz CT molecular complexity index is 731. The molecule has 1 aliphatic heterocycles. The van der Waals surface area contributed by atoms with E-state index in [-0.39, 0.29) is 11.8 Å². The van der Waals surface area contributed by atoms with Crippen LogP contribution in [0.25, 0.3) is 0 Å². The molecule has 1 aromatic carbocycles. The van der Waals surface area contributed by atoms with Gasteiger partial charge in [-0.3, -0.25) is 9.59 Å². The monoisotopic (exact) mass is 361 g/mol. The molecule has 0 radical (unpaired) electrons. The lowest BCUT2D eigenvalue weighted by atomic mass is 10.2. The van der Waals surface area contributed by atoms with Crippen molar-refractivity contribution in [3.05, 3.63) is 46.5 Å². The van der Waals surface area contributed by atoms with Gasteiger partial charge in [-0.05, 0) is 5.56 Å². The van der Waals surface area contributed by atoms with E-state index in [4.69, 9.17) is 0 Å². The summed E-state index contributed by atoms with van der Waals surface area (Å²) in [5, 5.41) is 3.34. The molecular weight excluding hydrogens is 342 g/mol. The van der Waals surface area contributed by atoms with Crippen molar-refractivity contribution in [1.82, 2.24) is 9.88 Å². The summed E-state index contributed by atoms with van der Waals surface area (Å²) >= 11 is 3.10. The van der Waals surface area contributed by atoms with Crippen LogP contribution in [0.2, 0.25) is 0 Å². The maximum Gasteiger partial charge on any atom is 0.232 e. The predicted octanol–water partition coefficient (Wildman–Crippen LogP) is 2.92. The molecule has 5 nitrogen and oxygen atoms in total. The molecule has 0 aliphatic carbocycles. The molecule has 1 N–H and O–H groups in total. The topological polar surface area (TPSA) is 62.3 Å². The maximum absolute atomic E-state index is 12.4. The van der Waals surface area contributed by atoms with Crippen LogP contribution < -0.4 is 5.32 Å². The van der Waals surface area contributed by atoms with E-state index in [2.05, 4.69) is 22.4 Å². The standard InChI is InChI=1S/C17H19N3O2S2/c1-12(21)18-17-19-14-7-8-20(9-15(14)24-17)16(22)11-23-10-13-5-3-2-4-6-13/h2-6H,7-11H2,1H3,(H,18,19,21). The van der Waals surface area contributed by atoms with Crippen molar-refractivity contribution in [3.8, 4) is 0 Å². The van der Waals surface area contributed by atoms with Crippen molar-refractivity contribution in [2.24, 2.45) is 0 Å².